The first-order valence-corrected chi connectivity index (χ1v) is 7.35. The van der Waals surface area contributed by atoms with Crippen molar-refractivity contribution in [2.45, 2.75) is 36.3 Å². The number of amides is 1. The molecule has 1 saturated heterocycles. The summed E-state index contributed by atoms with van der Waals surface area (Å²) in [6.45, 7) is 0.982. The van der Waals surface area contributed by atoms with Crippen LogP contribution in [0.2, 0.25) is 0 Å². The lowest BCUT2D eigenvalue weighted by Crippen LogP contribution is -2.30. The molecule has 1 aliphatic heterocycles. The highest BCUT2D eigenvalue weighted by molar-refractivity contribution is 7.99. The first kappa shape index (κ1) is 11.1. The summed E-state index contributed by atoms with van der Waals surface area (Å²) in [5.74, 6) is 1.34. The van der Waals surface area contributed by atoms with Crippen molar-refractivity contribution in [2.24, 2.45) is 0 Å². The van der Waals surface area contributed by atoms with E-state index in [-0.39, 0.29) is 5.25 Å². The lowest BCUT2D eigenvalue weighted by Gasteiger charge is -2.15. The molecule has 0 spiro atoms. The fourth-order valence-corrected chi connectivity index (χ4v) is 3.49. The van der Waals surface area contributed by atoms with Crippen molar-refractivity contribution in [3.63, 3.8) is 0 Å². The monoisotopic (exact) mass is 247 g/mol. The summed E-state index contributed by atoms with van der Waals surface area (Å²) in [6.07, 6.45) is 3.48. The first-order chi connectivity index (χ1) is 8.34. The summed E-state index contributed by atoms with van der Waals surface area (Å²) in [6, 6.07) is 11.0. The maximum Gasteiger partial charge on any atom is 0.236 e. The molecular weight excluding hydrogens is 230 g/mol. The number of hydrogen-bond acceptors (Lipinski definition) is 2. The number of carbonyl (C=O) groups is 1. The molecular formula is C14H17NOS. The van der Waals surface area contributed by atoms with Crippen LogP contribution in [0.1, 0.15) is 24.8 Å². The highest BCUT2D eigenvalue weighted by Gasteiger charge is 2.40. The molecule has 3 rings (SSSR count). The van der Waals surface area contributed by atoms with E-state index in [4.69, 9.17) is 0 Å². The van der Waals surface area contributed by atoms with Gasteiger partial charge in [0.05, 0.1) is 5.25 Å². The lowest BCUT2D eigenvalue weighted by molar-refractivity contribution is -0.127. The van der Waals surface area contributed by atoms with Crippen LogP contribution < -0.4 is 0 Å². The molecule has 1 amide bonds. The van der Waals surface area contributed by atoms with E-state index < -0.39 is 0 Å². The predicted octanol–water partition coefficient (Wildman–Crippen LogP) is 2.68. The Morgan fingerprint density at radius 1 is 1.18 bits per heavy atom. The average Bonchev–Trinajstić information content (AvgIpc) is 3.13. The molecule has 0 unspecified atom stereocenters. The number of carbonyl (C=O) groups excluding carboxylic acids is 1. The van der Waals surface area contributed by atoms with E-state index in [1.165, 1.54) is 18.4 Å². The summed E-state index contributed by atoms with van der Waals surface area (Å²) in [7, 11) is 0. The number of thioether (sulfide) groups is 1. The molecule has 0 N–H and O–H groups in total. The second-order valence-corrected chi connectivity index (χ2v) is 6.03. The number of likely N-dealkylation sites (tertiary alicyclic amines) is 1. The number of nitrogens with zero attached hydrogens (tertiary/aromatic N) is 1. The quantitative estimate of drug-likeness (QED) is 0.815. The number of benzene rings is 1. The molecule has 1 aromatic carbocycles. The molecule has 17 heavy (non-hydrogen) atoms. The third-order valence-electron chi connectivity index (χ3n) is 3.47. The van der Waals surface area contributed by atoms with Crippen molar-refractivity contribution >= 4 is 17.7 Å². The van der Waals surface area contributed by atoms with E-state index in [9.17, 15) is 4.79 Å². The van der Waals surface area contributed by atoms with Crippen molar-refractivity contribution < 1.29 is 4.79 Å². The van der Waals surface area contributed by atoms with Gasteiger partial charge < -0.3 is 4.90 Å². The summed E-state index contributed by atoms with van der Waals surface area (Å²) in [5, 5.41) is 0.204. The Labute approximate surface area is 106 Å². The van der Waals surface area contributed by atoms with Gasteiger partial charge in [0, 0.05) is 18.3 Å². The Kier molecular flexibility index (Phi) is 3.10. The molecule has 1 aromatic rings. The Bertz CT molecular complexity index is 402. The van der Waals surface area contributed by atoms with Crippen LogP contribution >= 0.6 is 11.8 Å². The van der Waals surface area contributed by atoms with Crippen LogP contribution in [0.4, 0.5) is 0 Å². The van der Waals surface area contributed by atoms with Gasteiger partial charge in [0.25, 0.3) is 0 Å². The molecule has 1 saturated carbocycles. The predicted molar refractivity (Wildman–Crippen MR) is 70.9 cm³/mol. The van der Waals surface area contributed by atoms with E-state index in [2.05, 4.69) is 29.2 Å². The van der Waals surface area contributed by atoms with Crippen molar-refractivity contribution in [1.82, 2.24) is 4.90 Å². The van der Waals surface area contributed by atoms with Gasteiger partial charge in [-0.05, 0) is 24.8 Å². The van der Waals surface area contributed by atoms with Gasteiger partial charge in [-0.15, -0.1) is 11.8 Å². The zero-order valence-corrected chi connectivity index (χ0v) is 10.7. The first-order valence-electron chi connectivity index (χ1n) is 6.30. The molecule has 1 atom stereocenters. The Balaban J connectivity index is 1.54. The van der Waals surface area contributed by atoms with E-state index in [0.717, 1.165) is 18.7 Å². The molecule has 90 valence electrons. The van der Waals surface area contributed by atoms with Crippen molar-refractivity contribution in [1.29, 1.82) is 0 Å². The summed E-state index contributed by atoms with van der Waals surface area (Å²) < 4.78 is 0. The van der Waals surface area contributed by atoms with E-state index in [0.29, 0.717) is 11.9 Å². The number of rotatable bonds is 4. The van der Waals surface area contributed by atoms with Crippen LogP contribution in [0.3, 0.4) is 0 Å². The standard InChI is InChI=1S/C14H17NOS/c16-14-13(8-9-15(14)12-6-7-12)17-10-11-4-2-1-3-5-11/h1-5,12-13H,6-10H2/t13-/m0/s1. The molecule has 0 radical (unpaired) electrons. The molecule has 2 fully saturated rings. The smallest absolute Gasteiger partial charge is 0.236 e. The maximum atomic E-state index is 12.1. The Morgan fingerprint density at radius 2 is 1.94 bits per heavy atom. The molecule has 0 bridgehead atoms. The minimum absolute atomic E-state index is 0.204. The largest absolute Gasteiger partial charge is 0.339 e. The Hall–Kier alpha value is -0.960. The lowest BCUT2D eigenvalue weighted by atomic mass is 10.2. The van der Waals surface area contributed by atoms with Crippen LogP contribution in [-0.4, -0.2) is 28.6 Å². The van der Waals surface area contributed by atoms with Gasteiger partial charge in [0.2, 0.25) is 5.91 Å². The van der Waals surface area contributed by atoms with E-state index in [1.807, 2.05) is 6.07 Å². The third-order valence-corrected chi connectivity index (χ3v) is 4.81. The molecule has 0 aromatic heterocycles. The van der Waals surface area contributed by atoms with Crippen molar-refractivity contribution in [2.75, 3.05) is 6.54 Å². The van der Waals surface area contributed by atoms with Gasteiger partial charge in [-0.3, -0.25) is 4.79 Å². The van der Waals surface area contributed by atoms with E-state index in [1.54, 1.807) is 11.8 Å². The Morgan fingerprint density at radius 3 is 2.65 bits per heavy atom. The van der Waals surface area contributed by atoms with Crippen molar-refractivity contribution in [3.8, 4) is 0 Å². The molecule has 1 aliphatic carbocycles. The maximum absolute atomic E-state index is 12.1. The van der Waals surface area contributed by atoms with Gasteiger partial charge in [0.1, 0.15) is 0 Å². The van der Waals surface area contributed by atoms with Gasteiger partial charge in [-0.2, -0.15) is 0 Å². The zero-order chi connectivity index (χ0) is 11.7. The van der Waals surface area contributed by atoms with Gasteiger partial charge in [0.15, 0.2) is 0 Å². The number of hydrogen-bond donors (Lipinski definition) is 0. The highest BCUT2D eigenvalue weighted by Crippen LogP contribution is 2.35. The zero-order valence-electron chi connectivity index (χ0n) is 9.84. The van der Waals surface area contributed by atoms with Gasteiger partial charge >= 0.3 is 0 Å². The normalized spacial score (nSPS) is 24.4. The van der Waals surface area contributed by atoms with E-state index >= 15 is 0 Å². The van der Waals surface area contributed by atoms with Gasteiger partial charge in [-0.1, -0.05) is 30.3 Å². The fourth-order valence-electron chi connectivity index (χ4n) is 2.35. The third kappa shape index (κ3) is 2.49. The summed E-state index contributed by atoms with van der Waals surface area (Å²) in [5.41, 5.74) is 1.31. The summed E-state index contributed by atoms with van der Waals surface area (Å²) in [4.78, 5) is 14.2. The minimum atomic E-state index is 0.204. The highest BCUT2D eigenvalue weighted by atomic mass is 32.2. The summed E-state index contributed by atoms with van der Waals surface area (Å²) >= 11 is 1.80. The second kappa shape index (κ2) is 4.73. The van der Waals surface area contributed by atoms with Crippen LogP contribution in [0.15, 0.2) is 30.3 Å². The molecule has 2 aliphatic rings. The fraction of sp³-hybridized carbons (Fsp3) is 0.500. The van der Waals surface area contributed by atoms with Crippen LogP contribution in [-0.2, 0) is 10.5 Å². The SMILES string of the molecule is O=C1[C@@H](SCc2ccccc2)CCN1C1CC1. The van der Waals surface area contributed by atoms with Crippen LogP contribution in [0.5, 0.6) is 0 Å². The van der Waals surface area contributed by atoms with Crippen LogP contribution in [0, 0.1) is 0 Å². The average molecular weight is 247 g/mol. The topological polar surface area (TPSA) is 20.3 Å². The molecule has 1 heterocycles. The second-order valence-electron chi connectivity index (χ2n) is 4.84. The van der Waals surface area contributed by atoms with Crippen molar-refractivity contribution in [3.05, 3.63) is 35.9 Å². The molecule has 3 heteroatoms. The van der Waals surface area contributed by atoms with Crippen LogP contribution in [0.25, 0.3) is 0 Å². The van der Waals surface area contributed by atoms with Gasteiger partial charge in [-0.25, -0.2) is 0 Å². The molecule has 2 nitrogen and oxygen atoms in total. The minimum Gasteiger partial charge on any atom is -0.339 e.